The molecule has 120 valence electrons. The second kappa shape index (κ2) is 6.42. The predicted octanol–water partition coefficient (Wildman–Crippen LogP) is 2.94. The van der Waals surface area contributed by atoms with Crippen LogP contribution in [-0.4, -0.2) is 40.8 Å². The fraction of sp³-hybridized carbons (Fsp3) is 0.312. The summed E-state index contributed by atoms with van der Waals surface area (Å²) in [7, 11) is 0. The Bertz CT molecular complexity index is 666. The first-order chi connectivity index (χ1) is 11.1. The van der Waals surface area contributed by atoms with Crippen LogP contribution in [0.2, 0.25) is 0 Å². The first-order valence-corrected chi connectivity index (χ1v) is 7.68. The lowest BCUT2D eigenvalue weighted by Crippen LogP contribution is -2.35. The largest absolute Gasteiger partial charge is 0.432 e. The van der Waals surface area contributed by atoms with Crippen molar-refractivity contribution in [2.45, 2.75) is 19.3 Å². The van der Waals surface area contributed by atoms with Crippen LogP contribution in [-0.2, 0) is 4.29 Å². The molecule has 1 aromatic carbocycles. The Morgan fingerprint density at radius 3 is 2.43 bits per heavy atom. The van der Waals surface area contributed by atoms with Gasteiger partial charge in [0.05, 0.1) is 11.1 Å². The van der Waals surface area contributed by atoms with Gasteiger partial charge in [0.1, 0.15) is 11.9 Å². The highest BCUT2D eigenvalue weighted by Gasteiger charge is 2.34. The number of carbonyl (C=O) groups excluding carboxylic acids is 3. The van der Waals surface area contributed by atoms with Crippen molar-refractivity contribution in [3.05, 3.63) is 47.2 Å². The molecule has 3 rings (SSSR count). The average Bonchev–Trinajstić information content (AvgIpc) is 2.84. The lowest BCUT2D eigenvalue weighted by atomic mass is 10.1. The number of imide groups is 1. The number of piperidine rings is 1. The molecule has 0 saturated carbocycles. The van der Waals surface area contributed by atoms with Crippen LogP contribution in [0, 0.1) is 0 Å². The third-order valence-corrected chi connectivity index (χ3v) is 4.22. The van der Waals surface area contributed by atoms with Gasteiger partial charge in [-0.25, -0.2) is 4.79 Å². The maximum Gasteiger partial charge on any atom is 0.432 e. The van der Waals surface area contributed by atoms with Crippen LogP contribution in [0.25, 0.3) is 0 Å². The van der Waals surface area contributed by atoms with Crippen LogP contribution in [0.3, 0.4) is 0 Å². The van der Waals surface area contributed by atoms with E-state index in [2.05, 4.69) is 4.29 Å². The number of allylic oxidation sites excluding steroid dienone is 1. The lowest BCUT2D eigenvalue weighted by Gasteiger charge is -2.28. The number of rotatable bonds is 2. The van der Waals surface area contributed by atoms with Gasteiger partial charge in [-0.2, -0.15) is 0 Å². The standard InChI is InChI=1S/C16H15ClN2O4/c17-23-16(22)18-9-4-3-5-11(18)8-10-19-14(20)12-6-1-2-7-13(12)15(19)21/h1-2,6-8H,3-5,9-10H2. The third-order valence-electron chi connectivity index (χ3n) is 4.09. The topological polar surface area (TPSA) is 66.9 Å². The fourth-order valence-electron chi connectivity index (χ4n) is 2.92. The predicted molar refractivity (Wildman–Crippen MR) is 82.8 cm³/mol. The molecule has 2 aliphatic rings. The molecule has 1 aromatic rings. The molecule has 7 heteroatoms. The average molecular weight is 335 g/mol. The van der Waals surface area contributed by atoms with Gasteiger partial charge in [0.2, 0.25) is 0 Å². The summed E-state index contributed by atoms with van der Waals surface area (Å²) >= 11 is 5.15. The molecule has 2 heterocycles. The summed E-state index contributed by atoms with van der Waals surface area (Å²) in [5.74, 6) is -0.630. The van der Waals surface area contributed by atoms with E-state index in [9.17, 15) is 14.4 Å². The monoisotopic (exact) mass is 334 g/mol. The van der Waals surface area contributed by atoms with Crippen LogP contribution in [0.5, 0.6) is 0 Å². The first-order valence-electron chi connectivity index (χ1n) is 7.38. The molecule has 6 nitrogen and oxygen atoms in total. The Morgan fingerprint density at radius 2 is 1.83 bits per heavy atom. The maximum atomic E-state index is 12.3. The quantitative estimate of drug-likeness (QED) is 0.780. The van der Waals surface area contributed by atoms with Crippen LogP contribution in [0.15, 0.2) is 36.0 Å². The van der Waals surface area contributed by atoms with E-state index in [4.69, 9.17) is 11.9 Å². The molecular formula is C16H15ClN2O4. The van der Waals surface area contributed by atoms with Gasteiger partial charge in [-0.15, -0.1) is 0 Å². The number of nitrogens with zero attached hydrogens (tertiary/aromatic N) is 2. The summed E-state index contributed by atoms with van der Waals surface area (Å²) in [6, 6.07) is 6.73. The highest BCUT2D eigenvalue weighted by atomic mass is 35.5. The number of amides is 3. The van der Waals surface area contributed by atoms with Crippen molar-refractivity contribution in [1.82, 2.24) is 9.80 Å². The van der Waals surface area contributed by atoms with Gasteiger partial charge in [-0.3, -0.25) is 19.4 Å². The van der Waals surface area contributed by atoms with Crippen molar-refractivity contribution >= 4 is 29.8 Å². The van der Waals surface area contributed by atoms with E-state index in [0.717, 1.165) is 18.5 Å². The number of halogens is 1. The summed E-state index contributed by atoms with van der Waals surface area (Å²) in [5.41, 5.74) is 1.55. The number of benzene rings is 1. The molecule has 0 aliphatic carbocycles. The minimum atomic E-state index is -0.639. The fourth-order valence-corrected chi connectivity index (χ4v) is 3.00. The van der Waals surface area contributed by atoms with E-state index in [-0.39, 0.29) is 18.4 Å². The number of fused-ring (bicyclic) bond motifs is 1. The van der Waals surface area contributed by atoms with E-state index < -0.39 is 6.09 Å². The molecule has 0 aromatic heterocycles. The van der Waals surface area contributed by atoms with Crippen molar-refractivity contribution in [1.29, 1.82) is 0 Å². The second-order valence-electron chi connectivity index (χ2n) is 5.41. The van der Waals surface area contributed by atoms with E-state index >= 15 is 0 Å². The molecule has 0 unspecified atom stereocenters. The van der Waals surface area contributed by atoms with Gasteiger partial charge < -0.3 is 4.29 Å². The molecule has 0 bridgehead atoms. The first kappa shape index (κ1) is 15.6. The number of likely N-dealkylation sites (tertiary alicyclic amines) is 1. The zero-order valence-corrected chi connectivity index (χ0v) is 13.1. The summed E-state index contributed by atoms with van der Waals surface area (Å²) in [5, 5.41) is 0. The second-order valence-corrected chi connectivity index (χ2v) is 5.57. The van der Waals surface area contributed by atoms with Gasteiger partial charge in [0.25, 0.3) is 11.8 Å². The molecule has 23 heavy (non-hydrogen) atoms. The van der Waals surface area contributed by atoms with Crippen molar-refractivity contribution < 1.29 is 18.7 Å². The smallest absolute Gasteiger partial charge is 0.330 e. The minimum Gasteiger partial charge on any atom is -0.330 e. The highest BCUT2D eigenvalue weighted by molar-refractivity contribution is 6.21. The van der Waals surface area contributed by atoms with E-state index in [1.165, 1.54) is 9.80 Å². The Hall–Kier alpha value is -2.34. The normalized spacial score (nSPS) is 19.3. The molecule has 2 aliphatic heterocycles. The molecular weight excluding hydrogens is 320 g/mol. The molecule has 0 atom stereocenters. The summed E-state index contributed by atoms with van der Waals surface area (Å²) in [6.45, 7) is 0.632. The SMILES string of the molecule is O=C(OCl)N1CCCCC1=CCN1C(=O)c2ccccc2C1=O. The van der Waals surface area contributed by atoms with E-state index in [1.807, 2.05) is 0 Å². The molecule has 0 spiro atoms. The number of carbonyl (C=O) groups is 3. The Kier molecular flexibility index (Phi) is 4.34. The van der Waals surface area contributed by atoms with Gasteiger partial charge >= 0.3 is 6.09 Å². The van der Waals surface area contributed by atoms with Crippen molar-refractivity contribution in [2.24, 2.45) is 0 Å². The Balaban J connectivity index is 1.78. The number of hydrogen-bond donors (Lipinski definition) is 0. The molecule has 1 fully saturated rings. The van der Waals surface area contributed by atoms with E-state index in [1.54, 1.807) is 30.3 Å². The zero-order chi connectivity index (χ0) is 16.4. The zero-order valence-electron chi connectivity index (χ0n) is 12.3. The van der Waals surface area contributed by atoms with Crippen molar-refractivity contribution in [3.8, 4) is 0 Å². The van der Waals surface area contributed by atoms with Crippen LogP contribution in [0.4, 0.5) is 4.79 Å². The van der Waals surface area contributed by atoms with Gasteiger partial charge in [0, 0.05) is 18.8 Å². The highest BCUT2D eigenvalue weighted by Crippen LogP contribution is 2.25. The van der Waals surface area contributed by atoms with Gasteiger partial charge in [-0.05, 0) is 37.5 Å². The Labute approximate surface area is 138 Å². The van der Waals surface area contributed by atoms with Gasteiger partial charge in [-0.1, -0.05) is 12.1 Å². The molecule has 0 radical (unpaired) electrons. The summed E-state index contributed by atoms with van der Waals surface area (Å²) < 4.78 is 4.26. The maximum absolute atomic E-state index is 12.3. The third kappa shape index (κ3) is 2.82. The van der Waals surface area contributed by atoms with Gasteiger partial charge in [0.15, 0.2) is 0 Å². The van der Waals surface area contributed by atoms with Crippen molar-refractivity contribution in [2.75, 3.05) is 13.1 Å². The van der Waals surface area contributed by atoms with Crippen molar-refractivity contribution in [3.63, 3.8) is 0 Å². The lowest BCUT2D eigenvalue weighted by molar-refractivity contribution is 0.0671. The molecule has 1 saturated heterocycles. The van der Waals surface area contributed by atoms with Crippen LogP contribution in [0.1, 0.15) is 40.0 Å². The van der Waals surface area contributed by atoms with Crippen LogP contribution < -0.4 is 0 Å². The number of hydrogen-bond acceptors (Lipinski definition) is 4. The summed E-state index contributed by atoms with van der Waals surface area (Å²) in [4.78, 5) is 38.9. The summed E-state index contributed by atoms with van der Waals surface area (Å²) in [6.07, 6.45) is 3.54. The van der Waals surface area contributed by atoms with E-state index in [0.29, 0.717) is 24.1 Å². The van der Waals surface area contributed by atoms with Crippen LogP contribution >= 0.6 is 11.9 Å². The molecule has 0 N–H and O–H groups in total. The Morgan fingerprint density at radius 1 is 1.17 bits per heavy atom. The molecule has 3 amide bonds. The minimum absolute atomic E-state index is 0.119.